The lowest BCUT2D eigenvalue weighted by atomic mass is 9.45. The summed E-state index contributed by atoms with van der Waals surface area (Å²) in [7, 11) is 0. The second-order valence-electron chi connectivity index (χ2n) is 12.2. The highest BCUT2D eigenvalue weighted by atomic mass is 35.5. The van der Waals surface area contributed by atoms with Crippen molar-refractivity contribution >= 4 is 45.8 Å². The molecule has 0 bridgehead atoms. The fourth-order valence-corrected chi connectivity index (χ4v) is 9.57. The third-order valence-corrected chi connectivity index (χ3v) is 11.6. The van der Waals surface area contributed by atoms with Crippen molar-refractivity contribution in [3.63, 3.8) is 0 Å². The number of fused-ring (bicyclic) bond motifs is 6. The molecular weight excluding hydrogens is 524 g/mol. The Bertz CT molecular complexity index is 1440. The molecule has 2 aromatic rings. The Labute approximate surface area is 230 Å². The predicted molar refractivity (Wildman–Crippen MR) is 146 cm³/mol. The number of benzene rings is 1. The molecule has 1 aromatic heterocycles. The van der Waals surface area contributed by atoms with E-state index in [1.165, 1.54) is 0 Å². The third kappa shape index (κ3) is 3.78. The Hall–Kier alpha value is -2.00. The number of rotatable bonds is 4. The Balaban J connectivity index is 1.24. The van der Waals surface area contributed by atoms with Gasteiger partial charge >= 0.3 is 0 Å². The number of allylic oxidation sites excluding steroid dienone is 1. The van der Waals surface area contributed by atoms with E-state index in [1.54, 1.807) is 18.2 Å². The number of hydrogen-bond acceptors (Lipinski definition) is 7. The maximum atomic E-state index is 13.7. The van der Waals surface area contributed by atoms with Crippen LogP contribution in [-0.4, -0.2) is 49.2 Å². The van der Waals surface area contributed by atoms with Gasteiger partial charge in [0.05, 0.1) is 22.8 Å². The van der Waals surface area contributed by atoms with Crippen LogP contribution in [0.5, 0.6) is 0 Å². The van der Waals surface area contributed by atoms with Crippen molar-refractivity contribution in [1.82, 2.24) is 9.97 Å². The lowest BCUT2D eigenvalue weighted by molar-refractivity contribution is -0.178. The summed E-state index contributed by atoms with van der Waals surface area (Å²) in [5.41, 5.74) is -1.18. The van der Waals surface area contributed by atoms with Crippen LogP contribution in [0.4, 0.5) is 0 Å². The van der Waals surface area contributed by atoms with E-state index in [2.05, 4.69) is 16.9 Å². The quantitative estimate of drug-likeness (QED) is 0.375. The SMILES string of the molecule is CC12CCC(=O)C=C1CCC1C2[C@@H](O)CC2(C)C1CC[C@]2(O)C(=O)CSc1nc2ccc(Cl)cc2c(=O)[nH]1. The van der Waals surface area contributed by atoms with Gasteiger partial charge in [-0.05, 0) is 86.0 Å². The van der Waals surface area contributed by atoms with Gasteiger partial charge in [-0.15, -0.1) is 0 Å². The summed E-state index contributed by atoms with van der Waals surface area (Å²) in [4.78, 5) is 45.5. The number of nitrogens with one attached hydrogen (secondary N) is 1. The van der Waals surface area contributed by atoms with Crippen molar-refractivity contribution in [2.45, 2.75) is 75.7 Å². The molecule has 4 aliphatic rings. The van der Waals surface area contributed by atoms with E-state index < -0.39 is 17.1 Å². The summed E-state index contributed by atoms with van der Waals surface area (Å²) >= 11 is 7.11. The third-order valence-electron chi connectivity index (χ3n) is 10.5. The number of ketones is 2. The van der Waals surface area contributed by atoms with Gasteiger partial charge in [0.2, 0.25) is 0 Å². The maximum absolute atomic E-state index is 13.7. The van der Waals surface area contributed by atoms with Gasteiger partial charge in [0.15, 0.2) is 16.7 Å². The number of thioether (sulfide) groups is 1. The molecule has 0 spiro atoms. The molecule has 0 amide bonds. The van der Waals surface area contributed by atoms with Crippen LogP contribution in [-0.2, 0) is 9.59 Å². The van der Waals surface area contributed by atoms with Crippen LogP contribution >= 0.6 is 23.4 Å². The first-order valence-corrected chi connectivity index (χ1v) is 14.8. The first kappa shape index (κ1) is 26.2. The van der Waals surface area contributed by atoms with Crippen molar-refractivity contribution in [1.29, 1.82) is 0 Å². The number of carbonyl (C=O) groups excluding carboxylic acids is 2. The number of aromatic amines is 1. The molecule has 9 heteroatoms. The molecule has 202 valence electrons. The topological polar surface area (TPSA) is 120 Å². The zero-order valence-electron chi connectivity index (χ0n) is 21.6. The molecule has 7 nitrogen and oxygen atoms in total. The maximum Gasteiger partial charge on any atom is 0.259 e. The van der Waals surface area contributed by atoms with Crippen LogP contribution in [0.2, 0.25) is 5.02 Å². The van der Waals surface area contributed by atoms with Crippen LogP contribution in [0.1, 0.15) is 58.8 Å². The standard InChI is InChI=1S/C29H33ClN2O5S/c1-27-9-7-17(33)11-15(27)3-5-18-20-8-10-29(37,28(20,2)13-22(34)24(18)27)23(35)14-38-26-31-21-6-4-16(30)12-19(21)25(36)32-26/h4,6,11-12,18,20,22,24,34,37H,3,5,7-10,13-14H2,1-2H3,(H,31,32,36)/t18?,20?,22-,24?,27?,28?,29-/m0/s1. The number of aliphatic hydroxyl groups excluding tert-OH is 1. The minimum Gasteiger partial charge on any atom is -0.393 e. The van der Waals surface area contributed by atoms with Crippen LogP contribution < -0.4 is 5.56 Å². The van der Waals surface area contributed by atoms with E-state index in [9.17, 15) is 24.6 Å². The van der Waals surface area contributed by atoms with E-state index in [1.807, 2.05) is 13.0 Å². The van der Waals surface area contributed by atoms with E-state index in [4.69, 9.17) is 11.6 Å². The minimum absolute atomic E-state index is 0.0286. The average Bonchev–Trinajstić information content (AvgIpc) is 3.14. The highest BCUT2D eigenvalue weighted by Gasteiger charge is 2.68. The monoisotopic (exact) mass is 556 g/mol. The number of Topliss-reactive ketones (excluding diaryl/α,β-unsaturated/α-hetero) is 1. The molecule has 1 heterocycles. The van der Waals surface area contributed by atoms with Crippen LogP contribution in [0.25, 0.3) is 10.9 Å². The Morgan fingerprint density at radius 3 is 2.79 bits per heavy atom. The van der Waals surface area contributed by atoms with Gasteiger partial charge in [0, 0.05) is 16.9 Å². The number of carbonyl (C=O) groups is 2. The molecule has 6 rings (SSSR count). The zero-order valence-corrected chi connectivity index (χ0v) is 23.2. The van der Waals surface area contributed by atoms with Crippen LogP contribution in [0.3, 0.4) is 0 Å². The number of nitrogens with zero attached hydrogens (tertiary/aromatic N) is 1. The van der Waals surface area contributed by atoms with Gasteiger partial charge in [-0.2, -0.15) is 0 Å². The summed E-state index contributed by atoms with van der Waals surface area (Å²) in [5, 5.41) is 24.7. The number of halogens is 1. The second-order valence-corrected chi connectivity index (χ2v) is 13.6. The first-order chi connectivity index (χ1) is 18.0. The lowest BCUT2D eigenvalue weighted by Crippen LogP contribution is -2.61. The minimum atomic E-state index is -1.55. The molecular formula is C29H33ClN2O5S. The zero-order chi connectivity index (χ0) is 27.0. The van der Waals surface area contributed by atoms with Crippen molar-refractivity contribution in [3.8, 4) is 0 Å². The Kier molecular flexibility index (Phi) is 6.22. The van der Waals surface area contributed by atoms with Crippen molar-refractivity contribution < 1.29 is 19.8 Å². The largest absolute Gasteiger partial charge is 0.393 e. The van der Waals surface area contributed by atoms with Gasteiger partial charge in [0.25, 0.3) is 5.56 Å². The van der Waals surface area contributed by atoms with Gasteiger partial charge in [-0.25, -0.2) is 4.98 Å². The summed E-state index contributed by atoms with van der Waals surface area (Å²) in [5.74, 6) is 0.199. The second kappa shape index (κ2) is 9.01. The van der Waals surface area contributed by atoms with Crippen LogP contribution in [0, 0.1) is 28.6 Å². The number of aromatic nitrogens is 2. The summed E-state index contributed by atoms with van der Waals surface area (Å²) in [6.45, 7) is 4.17. The molecule has 0 saturated heterocycles. The molecule has 3 N–H and O–H groups in total. The summed E-state index contributed by atoms with van der Waals surface area (Å²) in [6, 6.07) is 4.89. The number of aliphatic hydroxyl groups is 2. The molecule has 7 atom stereocenters. The first-order valence-electron chi connectivity index (χ1n) is 13.5. The Morgan fingerprint density at radius 2 is 2.00 bits per heavy atom. The fourth-order valence-electron chi connectivity index (χ4n) is 8.56. The molecule has 1 aromatic carbocycles. The number of H-pyrrole nitrogens is 1. The summed E-state index contributed by atoms with van der Waals surface area (Å²) in [6.07, 6.45) is 5.56. The highest BCUT2D eigenvalue weighted by Crippen LogP contribution is 2.67. The average molecular weight is 557 g/mol. The normalized spacial score (nSPS) is 38.3. The highest BCUT2D eigenvalue weighted by molar-refractivity contribution is 7.99. The molecule has 0 aliphatic heterocycles. The van der Waals surface area contributed by atoms with E-state index in [0.717, 1.165) is 43.0 Å². The predicted octanol–water partition coefficient (Wildman–Crippen LogP) is 4.47. The molecule has 0 radical (unpaired) electrons. The molecule has 4 aliphatic carbocycles. The fraction of sp³-hybridized carbons (Fsp3) is 0.586. The molecule has 5 unspecified atom stereocenters. The molecule has 3 fully saturated rings. The van der Waals surface area contributed by atoms with Gasteiger partial charge in [0.1, 0.15) is 5.60 Å². The number of hydrogen-bond donors (Lipinski definition) is 3. The van der Waals surface area contributed by atoms with Gasteiger partial charge in [-0.3, -0.25) is 14.4 Å². The Morgan fingerprint density at radius 1 is 1.21 bits per heavy atom. The van der Waals surface area contributed by atoms with Crippen molar-refractivity contribution in [2.75, 3.05) is 5.75 Å². The van der Waals surface area contributed by atoms with E-state index >= 15 is 0 Å². The lowest BCUT2D eigenvalue weighted by Gasteiger charge is -2.60. The smallest absolute Gasteiger partial charge is 0.259 e. The van der Waals surface area contributed by atoms with Gasteiger partial charge in [-0.1, -0.05) is 42.8 Å². The van der Waals surface area contributed by atoms with Gasteiger partial charge < -0.3 is 15.2 Å². The summed E-state index contributed by atoms with van der Waals surface area (Å²) < 4.78 is 0. The van der Waals surface area contributed by atoms with Crippen LogP contribution in [0.15, 0.2) is 39.8 Å². The van der Waals surface area contributed by atoms with E-state index in [0.29, 0.717) is 40.3 Å². The molecule has 38 heavy (non-hydrogen) atoms. The van der Waals surface area contributed by atoms with E-state index in [-0.39, 0.29) is 46.0 Å². The van der Waals surface area contributed by atoms with Crippen molar-refractivity contribution in [3.05, 3.63) is 45.2 Å². The molecule has 3 saturated carbocycles. The van der Waals surface area contributed by atoms with Crippen molar-refractivity contribution in [2.24, 2.45) is 28.6 Å².